The van der Waals surface area contributed by atoms with Crippen LogP contribution in [0, 0.1) is 0 Å². The normalized spacial score (nSPS) is 20.0. The van der Waals surface area contributed by atoms with Crippen LogP contribution in [0.5, 0.6) is 0 Å². The lowest BCUT2D eigenvalue weighted by Crippen LogP contribution is -2.35. The minimum Gasteiger partial charge on any atom is -0.478 e. The Morgan fingerprint density at radius 3 is 2.32 bits per heavy atom. The Morgan fingerprint density at radius 1 is 1.00 bits per heavy atom. The first-order valence-electron chi connectivity index (χ1n) is 11.5. The van der Waals surface area contributed by atoms with Crippen LogP contribution in [-0.2, 0) is 17.3 Å². The van der Waals surface area contributed by atoms with Crippen molar-refractivity contribution in [1.29, 1.82) is 0 Å². The fraction of sp³-hybridized carbons (Fsp3) is 0.464. The van der Waals surface area contributed by atoms with Gasteiger partial charge in [-0.1, -0.05) is 64.1 Å². The molecule has 0 amide bonds. The molecule has 31 heavy (non-hydrogen) atoms. The predicted octanol–water partition coefficient (Wildman–Crippen LogP) is 6.61. The molecule has 0 saturated heterocycles. The molecule has 0 fully saturated rings. The van der Waals surface area contributed by atoms with E-state index in [1.807, 2.05) is 12.1 Å². The van der Waals surface area contributed by atoms with Gasteiger partial charge in [0.25, 0.3) is 0 Å². The Kier molecular flexibility index (Phi) is 7.06. The molecule has 166 valence electrons. The molecule has 1 atom stereocenters. The first-order chi connectivity index (χ1) is 14.7. The van der Waals surface area contributed by atoms with Crippen LogP contribution in [-0.4, -0.2) is 22.8 Å². The average Bonchev–Trinajstić information content (AvgIpc) is 2.76. The highest BCUT2D eigenvalue weighted by Crippen LogP contribution is 2.48. The third kappa shape index (κ3) is 5.10. The van der Waals surface area contributed by atoms with Crippen molar-refractivity contribution >= 4 is 18.1 Å². The molecule has 0 spiro atoms. The second kappa shape index (κ2) is 9.40. The number of carboxylic acids is 1. The SMILES string of the molecule is CCC1(C)CCC(C)(C)c2cc(/C=C/c3ccc(C(=O)O)cc3)c(CCCCO)cc21. The smallest absolute Gasteiger partial charge is 0.335 e. The molecule has 2 aromatic rings. The van der Waals surface area contributed by atoms with Crippen LogP contribution in [0.25, 0.3) is 12.2 Å². The lowest BCUT2D eigenvalue weighted by molar-refractivity contribution is 0.0697. The van der Waals surface area contributed by atoms with E-state index >= 15 is 0 Å². The van der Waals surface area contributed by atoms with Crippen molar-refractivity contribution in [1.82, 2.24) is 0 Å². The van der Waals surface area contributed by atoms with E-state index in [9.17, 15) is 9.90 Å². The van der Waals surface area contributed by atoms with Gasteiger partial charge in [-0.15, -0.1) is 0 Å². The van der Waals surface area contributed by atoms with Gasteiger partial charge in [0, 0.05) is 6.61 Å². The van der Waals surface area contributed by atoms with Crippen LogP contribution in [0.2, 0.25) is 0 Å². The summed E-state index contributed by atoms with van der Waals surface area (Å²) in [7, 11) is 0. The third-order valence-corrected chi connectivity index (χ3v) is 7.21. The van der Waals surface area contributed by atoms with E-state index in [1.54, 1.807) is 12.1 Å². The lowest BCUT2D eigenvalue weighted by Gasteiger charge is -2.44. The van der Waals surface area contributed by atoms with Gasteiger partial charge in [-0.05, 0) is 89.3 Å². The fourth-order valence-corrected chi connectivity index (χ4v) is 4.67. The zero-order valence-corrected chi connectivity index (χ0v) is 19.4. The summed E-state index contributed by atoms with van der Waals surface area (Å²) in [5.74, 6) is -0.905. The zero-order valence-electron chi connectivity index (χ0n) is 19.4. The van der Waals surface area contributed by atoms with Crippen LogP contribution in [0.4, 0.5) is 0 Å². The molecular weight excluding hydrogens is 384 g/mol. The number of aryl methyl sites for hydroxylation is 1. The average molecular weight is 421 g/mol. The summed E-state index contributed by atoms with van der Waals surface area (Å²) in [4.78, 5) is 11.1. The van der Waals surface area contributed by atoms with Gasteiger partial charge in [-0.3, -0.25) is 0 Å². The molecular formula is C28H36O3. The van der Waals surface area contributed by atoms with Gasteiger partial charge in [-0.2, -0.15) is 0 Å². The van der Waals surface area contributed by atoms with Crippen molar-refractivity contribution < 1.29 is 15.0 Å². The second-order valence-electron chi connectivity index (χ2n) is 9.84. The monoisotopic (exact) mass is 420 g/mol. The van der Waals surface area contributed by atoms with Gasteiger partial charge in [0.15, 0.2) is 0 Å². The minimum absolute atomic E-state index is 0.152. The summed E-state index contributed by atoms with van der Waals surface area (Å²) in [6, 6.07) is 11.8. The molecule has 2 N–H and O–H groups in total. The quantitative estimate of drug-likeness (QED) is 0.373. The Balaban J connectivity index is 2.04. The van der Waals surface area contributed by atoms with Gasteiger partial charge in [0.1, 0.15) is 0 Å². The fourth-order valence-electron chi connectivity index (χ4n) is 4.67. The largest absolute Gasteiger partial charge is 0.478 e. The molecule has 0 aliphatic heterocycles. The van der Waals surface area contributed by atoms with Crippen molar-refractivity contribution in [3.8, 4) is 0 Å². The van der Waals surface area contributed by atoms with Gasteiger partial charge >= 0.3 is 5.97 Å². The Hall–Kier alpha value is -2.39. The number of fused-ring (bicyclic) bond motifs is 1. The summed E-state index contributed by atoms with van der Waals surface area (Å²) in [5, 5.41) is 18.4. The summed E-state index contributed by atoms with van der Waals surface area (Å²) < 4.78 is 0. The number of aliphatic hydroxyl groups is 1. The first-order valence-corrected chi connectivity index (χ1v) is 11.5. The van der Waals surface area contributed by atoms with E-state index in [1.165, 1.54) is 35.1 Å². The van der Waals surface area contributed by atoms with E-state index in [4.69, 9.17) is 5.11 Å². The molecule has 3 nitrogen and oxygen atoms in total. The van der Waals surface area contributed by atoms with E-state index in [2.05, 4.69) is 52.0 Å². The molecule has 1 aliphatic rings. The first kappa shape index (κ1) is 23.3. The van der Waals surface area contributed by atoms with Crippen LogP contribution >= 0.6 is 0 Å². The Labute approximate surface area is 186 Å². The van der Waals surface area contributed by atoms with E-state index in [0.29, 0.717) is 5.56 Å². The molecule has 3 rings (SSSR count). The maximum Gasteiger partial charge on any atom is 0.335 e. The molecule has 3 heteroatoms. The van der Waals surface area contributed by atoms with Crippen molar-refractivity contribution in [2.75, 3.05) is 6.61 Å². The molecule has 0 bridgehead atoms. The number of rotatable bonds is 8. The second-order valence-corrected chi connectivity index (χ2v) is 9.84. The number of hydrogen-bond acceptors (Lipinski definition) is 2. The highest BCUT2D eigenvalue weighted by molar-refractivity contribution is 5.88. The minimum atomic E-state index is -0.905. The summed E-state index contributed by atoms with van der Waals surface area (Å²) >= 11 is 0. The summed E-state index contributed by atoms with van der Waals surface area (Å²) in [6.07, 6.45) is 10.5. The molecule has 0 saturated carbocycles. The highest BCUT2D eigenvalue weighted by Gasteiger charge is 2.39. The zero-order chi connectivity index (χ0) is 22.6. The Bertz CT molecular complexity index is 953. The van der Waals surface area contributed by atoms with Gasteiger partial charge in [0.05, 0.1) is 5.56 Å². The lowest BCUT2D eigenvalue weighted by atomic mass is 9.61. The Morgan fingerprint density at radius 2 is 1.71 bits per heavy atom. The van der Waals surface area contributed by atoms with E-state index < -0.39 is 5.97 Å². The van der Waals surface area contributed by atoms with Gasteiger partial charge in [0.2, 0.25) is 0 Å². The van der Waals surface area contributed by atoms with Crippen LogP contribution in [0.3, 0.4) is 0 Å². The van der Waals surface area contributed by atoms with Crippen LogP contribution < -0.4 is 0 Å². The van der Waals surface area contributed by atoms with Crippen molar-refractivity contribution in [3.05, 3.63) is 69.8 Å². The molecule has 1 aliphatic carbocycles. The number of unbranched alkanes of at least 4 members (excludes halogenated alkanes) is 1. The van der Waals surface area contributed by atoms with E-state index in [-0.39, 0.29) is 17.4 Å². The van der Waals surface area contributed by atoms with Crippen molar-refractivity contribution in [2.24, 2.45) is 0 Å². The van der Waals surface area contributed by atoms with Crippen molar-refractivity contribution in [3.63, 3.8) is 0 Å². The number of aromatic carboxylic acids is 1. The maximum absolute atomic E-state index is 11.1. The van der Waals surface area contributed by atoms with Crippen molar-refractivity contribution in [2.45, 2.75) is 77.0 Å². The van der Waals surface area contributed by atoms with Gasteiger partial charge in [-0.25, -0.2) is 4.79 Å². The topological polar surface area (TPSA) is 57.5 Å². The number of benzene rings is 2. The highest BCUT2D eigenvalue weighted by atomic mass is 16.4. The molecule has 0 aromatic heterocycles. The van der Waals surface area contributed by atoms with E-state index in [0.717, 1.165) is 31.2 Å². The summed E-state index contributed by atoms with van der Waals surface area (Å²) in [5.41, 5.74) is 7.17. The molecule has 2 aromatic carbocycles. The number of carbonyl (C=O) groups is 1. The van der Waals surface area contributed by atoms with Crippen LogP contribution in [0.1, 0.15) is 98.0 Å². The molecule has 0 radical (unpaired) electrons. The molecule has 1 unspecified atom stereocenters. The van der Waals surface area contributed by atoms with Crippen LogP contribution in [0.15, 0.2) is 36.4 Å². The number of aliphatic hydroxyl groups excluding tert-OH is 1. The summed E-state index contributed by atoms with van der Waals surface area (Å²) in [6.45, 7) is 9.63. The number of hydrogen-bond donors (Lipinski definition) is 2. The predicted molar refractivity (Wildman–Crippen MR) is 129 cm³/mol. The standard InChI is InChI=1S/C28H36O3/c1-5-28(4)16-15-27(2,3)24-18-23(22(19-25(24)28)8-6-7-17-29)14-11-20-9-12-21(13-10-20)26(30)31/h9-14,18-19,29H,5-8,15-17H2,1-4H3,(H,30,31)/b14-11+. The number of carboxylic acid groups (broad SMARTS) is 1. The third-order valence-electron chi connectivity index (χ3n) is 7.21. The maximum atomic E-state index is 11.1. The molecule has 0 heterocycles. The van der Waals surface area contributed by atoms with Gasteiger partial charge < -0.3 is 10.2 Å².